The SMILES string of the molecule is CC(C)(C)C(OC(=O)C(C#N)C(=O)CC(CC(=O)O)O[Si](c1ccccc1)(c1ccccc1)C(C)(C)C)c1ccccc1. The van der Waals surface area contributed by atoms with Crippen LogP contribution in [-0.4, -0.2) is 37.2 Å². The zero-order valence-electron chi connectivity index (χ0n) is 25.7. The van der Waals surface area contributed by atoms with Crippen LogP contribution < -0.4 is 10.4 Å². The Kier molecular flexibility index (Phi) is 10.8. The molecule has 0 fully saturated rings. The number of Topliss-reactive ketones (excluding diaryl/α,β-unsaturated/α-hetero) is 1. The minimum atomic E-state index is -3.23. The lowest BCUT2D eigenvalue weighted by Crippen LogP contribution is -2.68. The van der Waals surface area contributed by atoms with Gasteiger partial charge in [0.1, 0.15) is 6.10 Å². The van der Waals surface area contributed by atoms with Crippen LogP contribution in [0.3, 0.4) is 0 Å². The van der Waals surface area contributed by atoms with Gasteiger partial charge in [-0.15, -0.1) is 0 Å². The van der Waals surface area contributed by atoms with Crippen molar-refractivity contribution >= 4 is 36.4 Å². The number of carbonyl (C=O) groups is 3. The van der Waals surface area contributed by atoms with Crippen LogP contribution in [0.5, 0.6) is 0 Å². The number of hydrogen-bond acceptors (Lipinski definition) is 6. The largest absolute Gasteiger partial charge is 0.481 e. The molecule has 0 aromatic heterocycles. The van der Waals surface area contributed by atoms with Gasteiger partial charge in [-0.05, 0) is 21.0 Å². The summed E-state index contributed by atoms with van der Waals surface area (Å²) in [6.07, 6.45) is -2.70. The number of nitrogens with zero attached hydrogens (tertiary/aromatic N) is 1. The van der Waals surface area contributed by atoms with E-state index < -0.39 is 67.5 Å². The number of carboxylic acid groups (broad SMARTS) is 1. The Hall–Kier alpha value is -4.06. The van der Waals surface area contributed by atoms with Crippen LogP contribution in [0.2, 0.25) is 5.04 Å². The van der Waals surface area contributed by atoms with Gasteiger partial charge in [0.25, 0.3) is 8.32 Å². The maximum atomic E-state index is 13.6. The predicted octanol–water partition coefficient (Wildman–Crippen LogP) is 5.84. The van der Waals surface area contributed by atoms with Crippen molar-refractivity contribution in [3.63, 3.8) is 0 Å². The molecule has 0 amide bonds. The van der Waals surface area contributed by atoms with Gasteiger partial charge in [-0.3, -0.25) is 14.4 Å². The van der Waals surface area contributed by atoms with Gasteiger partial charge in [-0.1, -0.05) is 133 Å². The van der Waals surface area contributed by atoms with E-state index in [0.717, 1.165) is 15.9 Å². The minimum Gasteiger partial charge on any atom is -0.481 e. The molecule has 0 aliphatic rings. The Balaban J connectivity index is 1.98. The van der Waals surface area contributed by atoms with Crippen LogP contribution in [0.1, 0.15) is 66.1 Å². The van der Waals surface area contributed by atoms with E-state index >= 15 is 0 Å². The first-order valence-corrected chi connectivity index (χ1v) is 16.3. The minimum absolute atomic E-state index is 0.435. The highest BCUT2D eigenvalue weighted by Crippen LogP contribution is 2.39. The van der Waals surface area contributed by atoms with Crippen molar-refractivity contribution in [3.8, 4) is 6.07 Å². The molecule has 0 aliphatic heterocycles. The summed E-state index contributed by atoms with van der Waals surface area (Å²) in [7, 11) is -3.23. The number of carbonyl (C=O) groups excluding carboxylic acids is 2. The normalized spacial score (nSPS) is 14.2. The summed E-state index contributed by atoms with van der Waals surface area (Å²) in [5.41, 5.74) is 0.226. The standard InChI is InChI=1S/C35H41NO6Si/c1-34(2,3)32(25-16-10-7-11-17-25)41-33(40)29(24-36)30(37)22-26(23-31(38)39)42-43(35(4,5)6,27-18-12-8-13-19-27)28-20-14-9-15-21-28/h7-21,26,29,32H,22-23H2,1-6H3,(H,38,39). The molecular formula is C35H41NO6Si. The van der Waals surface area contributed by atoms with Crippen molar-refractivity contribution < 1.29 is 28.7 Å². The molecular weight excluding hydrogens is 558 g/mol. The molecule has 0 saturated carbocycles. The number of nitriles is 1. The second kappa shape index (κ2) is 13.9. The summed E-state index contributed by atoms with van der Waals surface area (Å²) in [4.78, 5) is 39.0. The Morgan fingerprint density at radius 3 is 1.65 bits per heavy atom. The molecule has 0 spiro atoms. The van der Waals surface area contributed by atoms with Crippen molar-refractivity contribution in [2.24, 2.45) is 11.3 Å². The lowest BCUT2D eigenvalue weighted by molar-refractivity contribution is -0.160. The monoisotopic (exact) mass is 599 g/mol. The molecule has 0 bridgehead atoms. The highest BCUT2D eigenvalue weighted by atomic mass is 28.4. The Bertz CT molecular complexity index is 1380. The molecule has 3 aromatic carbocycles. The summed E-state index contributed by atoms with van der Waals surface area (Å²) in [5, 5.41) is 21.2. The first-order valence-electron chi connectivity index (χ1n) is 14.4. The fourth-order valence-electron chi connectivity index (χ4n) is 5.45. The smallest absolute Gasteiger partial charge is 0.331 e. The number of ketones is 1. The maximum absolute atomic E-state index is 13.6. The highest BCUT2D eigenvalue weighted by molar-refractivity contribution is 6.99. The third-order valence-electron chi connectivity index (χ3n) is 7.40. The molecule has 3 unspecified atom stereocenters. The van der Waals surface area contributed by atoms with E-state index in [0.29, 0.717) is 0 Å². The van der Waals surface area contributed by atoms with Gasteiger partial charge in [0.2, 0.25) is 5.92 Å². The van der Waals surface area contributed by atoms with Gasteiger partial charge in [-0.25, -0.2) is 0 Å². The Labute approximate surface area is 255 Å². The average Bonchev–Trinajstić information content (AvgIpc) is 2.94. The number of esters is 1. The van der Waals surface area contributed by atoms with Crippen molar-refractivity contribution in [1.29, 1.82) is 5.26 Å². The molecule has 0 saturated heterocycles. The molecule has 43 heavy (non-hydrogen) atoms. The van der Waals surface area contributed by atoms with Crippen LogP contribution in [0.4, 0.5) is 0 Å². The van der Waals surface area contributed by atoms with Crippen LogP contribution >= 0.6 is 0 Å². The lowest BCUT2D eigenvalue weighted by Gasteiger charge is -2.45. The number of aliphatic carboxylic acids is 1. The summed E-state index contributed by atoms with van der Waals surface area (Å²) in [6, 6.07) is 30.3. The van der Waals surface area contributed by atoms with Crippen LogP contribution in [0.15, 0.2) is 91.0 Å². The van der Waals surface area contributed by atoms with Crippen molar-refractivity contribution in [2.45, 2.75) is 71.6 Å². The van der Waals surface area contributed by atoms with Gasteiger partial charge >= 0.3 is 11.9 Å². The molecule has 1 N–H and O–H groups in total. The molecule has 7 nitrogen and oxygen atoms in total. The van der Waals surface area contributed by atoms with E-state index in [1.54, 1.807) is 0 Å². The quantitative estimate of drug-likeness (QED) is 0.158. The first kappa shape index (κ1) is 33.4. The van der Waals surface area contributed by atoms with E-state index in [9.17, 15) is 24.8 Å². The molecule has 3 rings (SSSR count). The summed E-state index contributed by atoms with van der Waals surface area (Å²) >= 11 is 0. The number of carboxylic acids is 1. The van der Waals surface area contributed by atoms with E-state index in [-0.39, 0.29) is 0 Å². The molecule has 226 valence electrons. The fraction of sp³-hybridized carbons (Fsp3) is 0.371. The highest BCUT2D eigenvalue weighted by Gasteiger charge is 2.52. The molecule has 0 radical (unpaired) electrons. The maximum Gasteiger partial charge on any atom is 0.331 e. The second-order valence-electron chi connectivity index (χ2n) is 12.8. The molecule has 0 heterocycles. The topological polar surface area (TPSA) is 114 Å². The predicted molar refractivity (Wildman–Crippen MR) is 168 cm³/mol. The average molecular weight is 600 g/mol. The van der Waals surface area contributed by atoms with E-state index in [4.69, 9.17) is 9.16 Å². The van der Waals surface area contributed by atoms with Crippen LogP contribution in [0, 0.1) is 22.7 Å². The third kappa shape index (κ3) is 8.07. The summed E-state index contributed by atoms with van der Waals surface area (Å²) in [6.45, 7) is 11.9. The van der Waals surface area contributed by atoms with Crippen LogP contribution in [-0.2, 0) is 23.5 Å². The number of ether oxygens (including phenoxy) is 1. The summed E-state index contributed by atoms with van der Waals surface area (Å²) < 4.78 is 12.7. The fourth-order valence-corrected chi connectivity index (χ4v) is 10.1. The number of benzene rings is 3. The van der Waals surface area contributed by atoms with Crippen LogP contribution in [0.25, 0.3) is 0 Å². The van der Waals surface area contributed by atoms with E-state index in [2.05, 4.69) is 0 Å². The zero-order valence-corrected chi connectivity index (χ0v) is 26.7. The van der Waals surface area contributed by atoms with Gasteiger partial charge < -0.3 is 14.3 Å². The number of rotatable bonds is 12. The van der Waals surface area contributed by atoms with Crippen molar-refractivity contribution in [2.75, 3.05) is 0 Å². The molecule has 8 heteroatoms. The lowest BCUT2D eigenvalue weighted by atomic mass is 9.84. The van der Waals surface area contributed by atoms with Gasteiger partial charge in [0.15, 0.2) is 5.78 Å². The van der Waals surface area contributed by atoms with Gasteiger partial charge in [0, 0.05) is 11.8 Å². The molecule has 3 atom stereocenters. The third-order valence-corrected chi connectivity index (χ3v) is 12.5. The number of hydrogen-bond donors (Lipinski definition) is 1. The molecule has 0 aliphatic carbocycles. The van der Waals surface area contributed by atoms with E-state index in [1.165, 1.54) is 0 Å². The first-order chi connectivity index (χ1) is 20.2. The van der Waals surface area contributed by atoms with Crippen molar-refractivity contribution in [1.82, 2.24) is 0 Å². The Morgan fingerprint density at radius 2 is 1.26 bits per heavy atom. The van der Waals surface area contributed by atoms with Gasteiger partial charge in [-0.2, -0.15) is 5.26 Å². The summed E-state index contributed by atoms with van der Waals surface area (Å²) in [5.74, 6) is -4.58. The van der Waals surface area contributed by atoms with Gasteiger partial charge in [0.05, 0.1) is 18.6 Å². The molecule has 3 aromatic rings. The van der Waals surface area contributed by atoms with Crippen molar-refractivity contribution in [3.05, 3.63) is 96.6 Å². The second-order valence-corrected chi connectivity index (χ2v) is 17.1. The van der Waals surface area contributed by atoms with E-state index in [1.807, 2.05) is 139 Å². The zero-order chi connectivity index (χ0) is 31.8. The Morgan fingerprint density at radius 1 is 0.791 bits per heavy atom.